The molecule has 1 aliphatic rings. The van der Waals surface area contributed by atoms with Crippen molar-refractivity contribution in [3.63, 3.8) is 0 Å². The van der Waals surface area contributed by atoms with Crippen LogP contribution in [0.3, 0.4) is 0 Å². The van der Waals surface area contributed by atoms with E-state index in [9.17, 15) is 9.59 Å². The molecule has 0 bridgehead atoms. The maximum atomic E-state index is 15.4. The van der Waals surface area contributed by atoms with E-state index < -0.39 is 25.4 Å². The number of hydrogen-bond donors (Lipinski definition) is 1. The van der Waals surface area contributed by atoms with Crippen LogP contribution in [0.1, 0.15) is 49.9 Å². The van der Waals surface area contributed by atoms with Crippen molar-refractivity contribution in [1.29, 1.82) is 0 Å². The van der Waals surface area contributed by atoms with E-state index in [2.05, 4.69) is 34.9 Å². The SMILES string of the molecule is Cc1cc(-c2cn(COCC[Si](C)(C)C)c(C(=O)Nc3cccc(F)c3N3CCC(CN(C)C(=O)OC(C)(C)C)CC3)n2)ccn1. The maximum absolute atomic E-state index is 15.4. The zero-order chi connectivity index (χ0) is 33.6. The molecule has 3 heterocycles. The Morgan fingerprint density at radius 2 is 1.87 bits per heavy atom. The number of pyridine rings is 1. The second-order valence-electron chi connectivity index (χ2n) is 14.3. The maximum Gasteiger partial charge on any atom is 0.410 e. The molecule has 4 rings (SSSR count). The van der Waals surface area contributed by atoms with E-state index >= 15 is 4.39 Å². The number of rotatable bonds is 11. The van der Waals surface area contributed by atoms with E-state index in [4.69, 9.17) is 9.47 Å². The Morgan fingerprint density at radius 1 is 1.15 bits per heavy atom. The van der Waals surface area contributed by atoms with E-state index in [0.29, 0.717) is 43.3 Å². The molecule has 1 aliphatic heterocycles. The summed E-state index contributed by atoms with van der Waals surface area (Å²) in [4.78, 5) is 38.8. The van der Waals surface area contributed by atoms with Crippen LogP contribution >= 0.6 is 0 Å². The molecule has 1 saturated heterocycles. The summed E-state index contributed by atoms with van der Waals surface area (Å²) < 4.78 is 28.6. The number of anilines is 2. The van der Waals surface area contributed by atoms with Crippen molar-refractivity contribution in [2.24, 2.45) is 5.92 Å². The van der Waals surface area contributed by atoms with Gasteiger partial charge in [0.1, 0.15) is 18.1 Å². The van der Waals surface area contributed by atoms with Crippen molar-refractivity contribution in [2.45, 2.75) is 78.6 Å². The lowest BCUT2D eigenvalue weighted by atomic mass is 9.95. The second-order valence-corrected chi connectivity index (χ2v) is 20.0. The number of benzene rings is 1. The summed E-state index contributed by atoms with van der Waals surface area (Å²) in [5.41, 5.74) is 2.48. The first-order chi connectivity index (χ1) is 21.6. The number of para-hydroxylation sites is 1. The minimum atomic E-state index is -1.29. The zero-order valence-electron chi connectivity index (χ0n) is 28.5. The van der Waals surface area contributed by atoms with Crippen molar-refractivity contribution in [3.05, 3.63) is 60.1 Å². The zero-order valence-corrected chi connectivity index (χ0v) is 29.5. The van der Waals surface area contributed by atoms with Gasteiger partial charge in [-0.05, 0) is 76.8 Å². The van der Waals surface area contributed by atoms with E-state index in [0.717, 1.165) is 30.1 Å². The van der Waals surface area contributed by atoms with Crippen LogP contribution in [0.4, 0.5) is 20.6 Å². The van der Waals surface area contributed by atoms with Crippen molar-refractivity contribution < 1.29 is 23.5 Å². The van der Waals surface area contributed by atoms with Gasteiger partial charge >= 0.3 is 6.09 Å². The largest absolute Gasteiger partial charge is 0.444 e. The minimum absolute atomic E-state index is 0.172. The summed E-state index contributed by atoms with van der Waals surface area (Å²) in [6, 6.07) is 9.48. The molecule has 1 aromatic carbocycles. The van der Waals surface area contributed by atoms with Crippen LogP contribution in [0, 0.1) is 18.7 Å². The minimum Gasteiger partial charge on any atom is -0.444 e. The Bertz CT molecular complexity index is 1510. The Labute approximate surface area is 273 Å². The van der Waals surface area contributed by atoms with Gasteiger partial charge in [0.25, 0.3) is 5.91 Å². The predicted octanol–water partition coefficient (Wildman–Crippen LogP) is 7.04. The quantitative estimate of drug-likeness (QED) is 0.175. The third kappa shape index (κ3) is 9.86. The molecule has 0 radical (unpaired) electrons. The van der Waals surface area contributed by atoms with Gasteiger partial charge < -0.3 is 29.2 Å². The summed E-state index contributed by atoms with van der Waals surface area (Å²) in [6.45, 7) is 16.8. The van der Waals surface area contributed by atoms with Crippen LogP contribution in [-0.4, -0.2) is 78.4 Å². The topological polar surface area (TPSA) is 102 Å². The first kappa shape index (κ1) is 35.1. The highest BCUT2D eigenvalue weighted by atomic mass is 28.3. The van der Waals surface area contributed by atoms with Crippen molar-refractivity contribution in [3.8, 4) is 11.3 Å². The first-order valence-corrected chi connectivity index (χ1v) is 19.7. The van der Waals surface area contributed by atoms with E-state index in [1.807, 2.05) is 50.9 Å². The van der Waals surface area contributed by atoms with Gasteiger partial charge in [-0.2, -0.15) is 0 Å². The second kappa shape index (κ2) is 14.8. The molecule has 2 aromatic heterocycles. The van der Waals surface area contributed by atoms with Crippen LogP contribution in [0.25, 0.3) is 11.3 Å². The lowest BCUT2D eigenvalue weighted by Gasteiger charge is -2.36. The molecule has 12 heteroatoms. The molecule has 250 valence electrons. The molecule has 0 saturated carbocycles. The molecule has 1 N–H and O–H groups in total. The summed E-state index contributed by atoms with van der Waals surface area (Å²) in [7, 11) is 0.454. The van der Waals surface area contributed by atoms with Gasteiger partial charge in [0.15, 0.2) is 0 Å². The lowest BCUT2D eigenvalue weighted by Crippen LogP contribution is -2.41. The fourth-order valence-electron chi connectivity index (χ4n) is 5.34. The normalized spacial score (nSPS) is 14.3. The van der Waals surface area contributed by atoms with Gasteiger partial charge in [0.05, 0.1) is 17.1 Å². The van der Waals surface area contributed by atoms with Gasteiger partial charge in [-0.3, -0.25) is 9.78 Å². The van der Waals surface area contributed by atoms with Crippen LogP contribution in [0.2, 0.25) is 25.7 Å². The van der Waals surface area contributed by atoms with Crippen LogP contribution in [-0.2, 0) is 16.2 Å². The van der Waals surface area contributed by atoms with E-state index in [1.54, 1.807) is 34.8 Å². The van der Waals surface area contributed by atoms with Gasteiger partial charge in [-0.1, -0.05) is 25.7 Å². The molecule has 0 unspecified atom stereocenters. The third-order valence-electron chi connectivity index (χ3n) is 7.80. The number of piperidine rings is 1. The first-order valence-electron chi connectivity index (χ1n) is 16.0. The number of aromatic nitrogens is 3. The number of nitrogens with zero attached hydrogens (tertiary/aromatic N) is 5. The Morgan fingerprint density at radius 3 is 2.52 bits per heavy atom. The number of nitrogens with one attached hydrogen (secondary N) is 1. The number of ether oxygens (including phenoxy) is 2. The average molecular weight is 653 g/mol. The number of carbonyl (C=O) groups excluding carboxylic acids is 2. The standard InChI is InChI=1S/C34H49FN6O4Si/c1-24-20-26(12-15-36-24)29-22-41(23-44-18-19-46(6,7)8)31(37-29)32(42)38-28-11-9-10-27(35)30(28)40-16-13-25(14-17-40)21-39(5)33(43)45-34(2,3)4/h9-12,15,20,22,25H,13-14,16-19,21,23H2,1-8H3,(H,38,42). The van der Waals surface area contributed by atoms with Crippen molar-refractivity contribution in [2.75, 3.05) is 43.5 Å². The molecule has 46 heavy (non-hydrogen) atoms. The molecular weight excluding hydrogens is 603 g/mol. The molecule has 0 atom stereocenters. The monoisotopic (exact) mass is 652 g/mol. The summed E-state index contributed by atoms with van der Waals surface area (Å²) in [6.07, 6.45) is 4.71. The summed E-state index contributed by atoms with van der Waals surface area (Å²) >= 11 is 0. The smallest absolute Gasteiger partial charge is 0.410 e. The molecule has 2 amide bonds. The van der Waals surface area contributed by atoms with E-state index in [-0.39, 0.29) is 24.6 Å². The molecule has 0 aliphatic carbocycles. The highest BCUT2D eigenvalue weighted by Gasteiger charge is 2.28. The van der Waals surface area contributed by atoms with Crippen molar-refractivity contribution in [1.82, 2.24) is 19.4 Å². The number of amides is 2. The van der Waals surface area contributed by atoms with Crippen LogP contribution < -0.4 is 10.2 Å². The van der Waals surface area contributed by atoms with Crippen LogP contribution in [0.5, 0.6) is 0 Å². The Balaban J connectivity index is 1.49. The summed E-state index contributed by atoms with van der Waals surface area (Å²) in [5, 5.41) is 2.94. The lowest BCUT2D eigenvalue weighted by molar-refractivity contribution is 0.0266. The number of imidazole rings is 1. The van der Waals surface area contributed by atoms with Gasteiger partial charge in [-0.15, -0.1) is 0 Å². The number of halogens is 1. The predicted molar refractivity (Wildman–Crippen MR) is 182 cm³/mol. The molecule has 0 spiro atoms. The number of carbonyl (C=O) groups is 2. The molecule has 3 aromatic rings. The molecule has 10 nitrogen and oxygen atoms in total. The van der Waals surface area contributed by atoms with Crippen molar-refractivity contribution >= 4 is 31.4 Å². The fourth-order valence-corrected chi connectivity index (χ4v) is 6.09. The molecule has 1 fully saturated rings. The van der Waals surface area contributed by atoms with Gasteiger partial charge in [0, 0.05) is 65.0 Å². The van der Waals surface area contributed by atoms with E-state index in [1.165, 1.54) is 6.07 Å². The van der Waals surface area contributed by atoms with Gasteiger partial charge in [0.2, 0.25) is 5.82 Å². The summed E-state index contributed by atoms with van der Waals surface area (Å²) in [5.74, 6) is -0.432. The average Bonchev–Trinajstić information content (AvgIpc) is 3.39. The Kier molecular flexibility index (Phi) is 11.3. The molecular formula is C34H49FN6O4Si. The fraction of sp³-hybridized carbons (Fsp3) is 0.529. The van der Waals surface area contributed by atoms with Crippen LogP contribution in [0.15, 0.2) is 42.7 Å². The number of hydrogen-bond acceptors (Lipinski definition) is 7. The third-order valence-corrected chi connectivity index (χ3v) is 9.51. The highest BCUT2D eigenvalue weighted by molar-refractivity contribution is 6.76. The van der Waals surface area contributed by atoms with Gasteiger partial charge in [-0.25, -0.2) is 14.2 Å². The Hall–Kier alpha value is -3.77. The highest BCUT2D eigenvalue weighted by Crippen LogP contribution is 2.33. The number of aryl methyl sites for hydroxylation is 1.